The molecule has 9 heteroatoms. The minimum Gasteiger partial charge on any atom is -0.473 e. The van der Waals surface area contributed by atoms with Crippen LogP contribution in [0.3, 0.4) is 0 Å². The number of pyridine rings is 1. The quantitative estimate of drug-likeness (QED) is 0.536. The Kier molecular flexibility index (Phi) is 6.63. The van der Waals surface area contributed by atoms with Crippen molar-refractivity contribution < 1.29 is 19.0 Å². The molecule has 0 bridgehead atoms. The number of aryl methyl sites for hydroxylation is 1. The van der Waals surface area contributed by atoms with Gasteiger partial charge >= 0.3 is 6.03 Å². The van der Waals surface area contributed by atoms with Crippen LogP contribution in [0.5, 0.6) is 5.88 Å². The van der Waals surface area contributed by atoms with Gasteiger partial charge in [-0.05, 0) is 12.5 Å². The van der Waals surface area contributed by atoms with Gasteiger partial charge in [0.05, 0.1) is 42.5 Å². The molecule has 164 valence electrons. The van der Waals surface area contributed by atoms with E-state index in [-0.39, 0.29) is 18.2 Å². The zero-order chi connectivity index (χ0) is 21.6. The van der Waals surface area contributed by atoms with Gasteiger partial charge in [-0.25, -0.2) is 9.78 Å². The molecule has 3 heterocycles. The molecule has 31 heavy (non-hydrogen) atoms. The summed E-state index contributed by atoms with van der Waals surface area (Å²) in [5.41, 5.74) is 2.43. The Labute approximate surface area is 180 Å². The number of hydrogen-bond acceptors (Lipinski definition) is 6. The molecule has 0 spiro atoms. The Morgan fingerprint density at radius 2 is 2.06 bits per heavy atom. The van der Waals surface area contributed by atoms with E-state index in [2.05, 4.69) is 25.8 Å². The third kappa shape index (κ3) is 5.12. The van der Waals surface area contributed by atoms with Crippen LogP contribution in [0.15, 0.2) is 36.4 Å². The van der Waals surface area contributed by atoms with Gasteiger partial charge in [-0.2, -0.15) is 0 Å². The van der Waals surface area contributed by atoms with Crippen LogP contribution in [0.2, 0.25) is 0 Å². The molecule has 2 aromatic heterocycles. The number of carbonyl (C=O) groups excluding carboxylic acids is 1. The molecule has 1 fully saturated rings. The monoisotopic (exact) mass is 425 g/mol. The van der Waals surface area contributed by atoms with E-state index in [0.717, 1.165) is 35.0 Å². The molecule has 3 aromatic rings. The van der Waals surface area contributed by atoms with Gasteiger partial charge in [0.1, 0.15) is 11.9 Å². The predicted octanol–water partition coefficient (Wildman–Crippen LogP) is 3.33. The topological polar surface area (TPSA) is 110 Å². The van der Waals surface area contributed by atoms with Crippen molar-refractivity contribution in [2.24, 2.45) is 0 Å². The molecule has 3 N–H and O–H groups in total. The number of anilines is 1. The predicted molar refractivity (Wildman–Crippen MR) is 116 cm³/mol. The van der Waals surface area contributed by atoms with Crippen molar-refractivity contribution in [3.63, 3.8) is 0 Å². The minimum atomic E-state index is -0.365. The molecule has 0 saturated carbocycles. The third-order valence-electron chi connectivity index (χ3n) is 5.22. The van der Waals surface area contributed by atoms with E-state index >= 15 is 0 Å². The number of nitrogens with one attached hydrogen (secondary N) is 3. The minimum absolute atomic E-state index is 0.0823. The maximum absolute atomic E-state index is 12.6. The van der Waals surface area contributed by atoms with Crippen molar-refractivity contribution in [1.29, 1.82) is 0 Å². The van der Waals surface area contributed by atoms with Crippen molar-refractivity contribution in [3.05, 3.63) is 47.7 Å². The van der Waals surface area contributed by atoms with Crippen molar-refractivity contribution in [1.82, 2.24) is 20.5 Å². The number of methoxy groups -OCH3 is 1. The number of amides is 2. The highest BCUT2D eigenvalue weighted by molar-refractivity contribution is 5.93. The van der Waals surface area contributed by atoms with Gasteiger partial charge in [-0.15, -0.1) is 5.10 Å². The number of hydrogen-bond donors (Lipinski definition) is 3. The van der Waals surface area contributed by atoms with Crippen LogP contribution in [0.4, 0.5) is 10.6 Å². The van der Waals surface area contributed by atoms with Crippen LogP contribution in [0.25, 0.3) is 10.9 Å². The maximum Gasteiger partial charge on any atom is 0.320 e. The van der Waals surface area contributed by atoms with E-state index in [4.69, 9.17) is 14.2 Å². The second-order valence-electron chi connectivity index (χ2n) is 7.49. The van der Waals surface area contributed by atoms with E-state index < -0.39 is 0 Å². The largest absolute Gasteiger partial charge is 0.473 e. The third-order valence-corrected chi connectivity index (χ3v) is 5.22. The Balaban J connectivity index is 1.46. The first-order valence-corrected chi connectivity index (χ1v) is 10.4. The molecule has 1 aliphatic rings. The molecule has 1 atom stereocenters. The van der Waals surface area contributed by atoms with Gasteiger partial charge in [0.25, 0.3) is 0 Å². The van der Waals surface area contributed by atoms with Gasteiger partial charge in [-0.1, -0.05) is 30.3 Å². The van der Waals surface area contributed by atoms with Crippen LogP contribution in [-0.4, -0.2) is 54.2 Å². The Hall–Kier alpha value is -3.17. The summed E-state index contributed by atoms with van der Waals surface area (Å²) < 4.78 is 16.7. The molecule has 2 amide bonds. The van der Waals surface area contributed by atoms with Crippen molar-refractivity contribution in [3.8, 4) is 5.88 Å². The fourth-order valence-electron chi connectivity index (χ4n) is 3.68. The zero-order valence-corrected chi connectivity index (χ0v) is 17.7. The summed E-state index contributed by atoms with van der Waals surface area (Å²) in [5, 5.41) is 13.8. The van der Waals surface area contributed by atoms with Crippen LogP contribution < -0.4 is 15.4 Å². The number of ether oxygens (including phenoxy) is 3. The molecule has 1 aromatic carbocycles. The Morgan fingerprint density at radius 1 is 1.29 bits per heavy atom. The molecule has 9 nitrogen and oxygen atoms in total. The summed E-state index contributed by atoms with van der Waals surface area (Å²) in [5.74, 6) is 0.958. The highest BCUT2D eigenvalue weighted by Gasteiger charge is 2.20. The van der Waals surface area contributed by atoms with E-state index in [9.17, 15) is 4.79 Å². The number of H-pyrrole nitrogens is 1. The average molecular weight is 425 g/mol. The maximum atomic E-state index is 12.6. The number of aromatic nitrogens is 3. The lowest BCUT2D eigenvalue weighted by Crippen LogP contribution is -2.35. The Bertz CT molecular complexity index is 1020. The first kappa shape index (κ1) is 21.1. The first-order chi connectivity index (χ1) is 15.1. The van der Waals surface area contributed by atoms with Crippen LogP contribution in [0.1, 0.15) is 30.1 Å². The fourth-order valence-corrected chi connectivity index (χ4v) is 3.68. The van der Waals surface area contributed by atoms with Gasteiger partial charge in [0, 0.05) is 26.0 Å². The molecule has 0 radical (unpaired) electrons. The van der Waals surface area contributed by atoms with Gasteiger partial charge in [0.2, 0.25) is 5.88 Å². The number of urea groups is 1. The molecular weight excluding hydrogens is 398 g/mol. The highest BCUT2D eigenvalue weighted by Crippen LogP contribution is 2.29. The molecule has 1 saturated heterocycles. The molecular formula is C22H27N5O4. The lowest BCUT2D eigenvalue weighted by Gasteiger charge is -2.22. The van der Waals surface area contributed by atoms with Gasteiger partial charge in [0.15, 0.2) is 0 Å². The summed E-state index contributed by atoms with van der Waals surface area (Å²) in [6, 6.07) is 10.8. The number of aromatic amines is 1. The van der Waals surface area contributed by atoms with E-state index in [0.29, 0.717) is 31.5 Å². The molecule has 0 aliphatic carbocycles. The first-order valence-electron chi connectivity index (χ1n) is 10.4. The van der Waals surface area contributed by atoms with Crippen LogP contribution in [-0.2, 0) is 9.47 Å². The van der Waals surface area contributed by atoms with Crippen LogP contribution in [0, 0.1) is 6.92 Å². The molecule has 1 unspecified atom stereocenters. The Morgan fingerprint density at radius 3 is 2.81 bits per heavy atom. The summed E-state index contributed by atoms with van der Waals surface area (Å²) in [6.45, 7) is 3.62. The normalized spacial score (nSPS) is 15.5. The molecule has 4 rings (SSSR count). The average Bonchev–Trinajstić information content (AvgIpc) is 3.18. The fraction of sp³-hybridized carbons (Fsp3) is 0.409. The van der Waals surface area contributed by atoms with Crippen molar-refractivity contribution in [2.75, 3.05) is 32.2 Å². The van der Waals surface area contributed by atoms with E-state index in [1.165, 1.54) is 0 Å². The van der Waals surface area contributed by atoms with Gasteiger partial charge in [-0.3, -0.25) is 10.4 Å². The molecule has 1 aliphatic heterocycles. The van der Waals surface area contributed by atoms with E-state index in [1.807, 2.05) is 37.3 Å². The summed E-state index contributed by atoms with van der Waals surface area (Å²) >= 11 is 0. The number of nitrogens with zero attached hydrogens (tertiary/aromatic N) is 2. The van der Waals surface area contributed by atoms with Crippen LogP contribution >= 0.6 is 0 Å². The number of carbonyl (C=O) groups is 1. The van der Waals surface area contributed by atoms with Crippen molar-refractivity contribution >= 4 is 22.8 Å². The second-order valence-corrected chi connectivity index (χ2v) is 7.49. The summed E-state index contributed by atoms with van der Waals surface area (Å²) in [7, 11) is 1.60. The second kappa shape index (κ2) is 9.76. The lowest BCUT2D eigenvalue weighted by molar-refractivity contribution is 0.0243. The zero-order valence-electron chi connectivity index (χ0n) is 17.7. The lowest BCUT2D eigenvalue weighted by atomic mass is 10.1. The highest BCUT2D eigenvalue weighted by atomic mass is 16.5. The number of fused-ring (bicyclic) bond motifs is 1. The van der Waals surface area contributed by atoms with Gasteiger partial charge < -0.3 is 19.5 Å². The summed E-state index contributed by atoms with van der Waals surface area (Å²) in [6.07, 6.45) is 1.76. The SMILES string of the molecule is COCC(NC(=O)Nc1cc2[nH]nc(OC3CCOCC3)c2c(C)n1)c1ccccc1. The standard InChI is InChI=1S/C22H27N5O4/c1-14-20-17(26-27-21(20)31-16-8-10-30-11-9-16)12-19(23-14)25-22(28)24-18(13-29-2)15-6-4-3-5-7-15/h3-7,12,16,18H,8-11,13H2,1-2H3,(H,26,27)(H2,23,24,25,28). The smallest absolute Gasteiger partial charge is 0.320 e. The number of benzene rings is 1. The number of rotatable bonds is 7. The summed E-state index contributed by atoms with van der Waals surface area (Å²) in [4.78, 5) is 17.1. The van der Waals surface area contributed by atoms with E-state index in [1.54, 1.807) is 13.2 Å². The van der Waals surface area contributed by atoms with Crippen molar-refractivity contribution in [2.45, 2.75) is 31.9 Å².